The summed E-state index contributed by atoms with van der Waals surface area (Å²) in [4.78, 5) is 11.6. The second-order valence-corrected chi connectivity index (χ2v) is 12.7. The summed E-state index contributed by atoms with van der Waals surface area (Å²) in [6, 6.07) is 7.37. The predicted octanol–water partition coefficient (Wildman–Crippen LogP) is 14.2. The van der Waals surface area contributed by atoms with Crippen LogP contribution in [0, 0.1) is 11.3 Å². The number of hydrogen-bond acceptors (Lipinski definition) is 2. The van der Waals surface area contributed by atoms with Crippen molar-refractivity contribution in [3.8, 4) is 0 Å². The minimum absolute atomic E-state index is 0.0978. The maximum absolute atomic E-state index is 11.6. The van der Waals surface area contributed by atoms with Crippen LogP contribution in [0.25, 0.3) is 11.8 Å². The van der Waals surface area contributed by atoms with Crippen LogP contribution >= 0.6 is 0 Å². The first kappa shape index (κ1) is 46.9. The van der Waals surface area contributed by atoms with Gasteiger partial charge in [-0.15, -0.1) is 6.58 Å². The fourth-order valence-electron chi connectivity index (χ4n) is 3.64. The van der Waals surface area contributed by atoms with Crippen molar-refractivity contribution in [1.29, 1.82) is 0 Å². The van der Waals surface area contributed by atoms with Gasteiger partial charge in [-0.2, -0.15) is 0 Å². The number of rotatable bonds is 16. The predicted molar refractivity (Wildman–Crippen MR) is 195 cm³/mol. The molecule has 2 heteroatoms. The quantitative estimate of drug-likeness (QED) is 0.119. The van der Waals surface area contributed by atoms with Gasteiger partial charge in [0.15, 0.2) is 0 Å². The van der Waals surface area contributed by atoms with Gasteiger partial charge in [-0.05, 0) is 55.9 Å². The molecule has 0 heterocycles. The van der Waals surface area contributed by atoms with E-state index in [-0.39, 0.29) is 5.76 Å². The molecule has 1 aromatic carbocycles. The lowest BCUT2D eigenvalue weighted by molar-refractivity contribution is -0.119. The fraction of sp³-hybridized carbons (Fsp3) is 0.675. The highest BCUT2D eigenvalue weighted by Crippen LogP contribution is 2.22. The maximum Gasteiger partial charge on any atom is 0.132 e. The molecular weight excluding hydrogens is 512 g/mol. The molecule has 0 bridgehead atoms. The minimum Gasteiger partial charge on any atom is -0.508 e. The monoisotopic (exact) mass is 587 g/mol. The van der Waals surface area contributed by atoms with Gasteiger partial charge >= 0.3 is 0 Å². The molecule has 1 N–H and O–H groups in total. The first-order chi connectivity index (χ1) is 19.7. The lowest BCUT2D eigenvalue weighted by atomic mass is 9.89. The van der Waals surface area contributed by atoms with Crippen molar-refractivity contribution in [2.45, 2.75) is 166 Å². The summed E-state index contributed by atoms with van der Waals surface area (Å²) < 4.78 is 0. The van der Waals surface area contributed by atoms with E-state index in [1.165, 1.54) is 56.9 Å². The molecule has 0 atom stereocenters. The van der Waals surface area contributed by atoms with Gasteiger partial charge in [0, 0.05) is 18.4 Å². The Balaban J connectivity index is -0.000000256. The zero-order valence-electron chi connectivity index (χ0n) is 30.3. The van der Waals surface area contributed by atoms with Crippen LogP contribution < -0.4 is 0 Å². The Kier molecular flexibility index (Phi) is 37.3. The van der Waals surface area contributed by atoms with Crippen molar-refractivity contribution in [3.05, 3.63) is 60.7 Å². The minimum atomic E-state index is 0.0978. The van der Waals surface area contributed by atoms with E-state index < -0.39 is 0 Å². The van der Waals surface area contributed by atoms with E-state index in [0.717, 1.165) is 55.6 Å². The number of allylic oxidation sites excluding steroid dienone is 1. The molecule has 0 saturated carbocycles. The molecule has 0 radical (unpaired) electrons. The maximum atomic E-state index is 11.6. The third-order valence-corrected chi connectivity index (χ3v) is 6.06. The zero-order valence-corrected chi connectivity index (χ0v) is 30.3. The molecule has 0 fully saturated rings. The molecular formula is C40H74O2. The molecule has 0 amide bonds. The highest BCUT2D eigenvalue weighted by Gasteiger charge is 2.09. The van der Waals surface area contributed by atoms with Crippen molar-refractivity contribution in [1.82, 2.24) is 0 Å². The summed E-state index contributed by atoms with van der Waals surface area (Å²) >= 11 is 0. The first-order valence-corrected chi connectivity index (χ1v) is 17.0. The molecule has 0 saturated heterocycles. The molecule has 0 aliphatic carbocycles. The van der Waals surface area contributed by atoms with Gasteiger partial charge in [-0.25, -0.2) is 0 Å². The van der Waals surface area contributed by atoms with Gasteiger partial charge in [-0.1, -0.05) is 163 Å². The van der Waals surface area contributed by atoms with Crippen molar-refractivity contribution in [2.24, 2.45) is 11.3 Å². The SMILES string of the molecule is C=C(C)CCCCC(=O)CCCCCC(C)(C)C.C=Cc1ccc(C(=C)O)cc1.CC.CCC.CCCCCC(C)C. The highest BCUT2D eigenvalue weighted by molar-refractivity contribution is 5.78. The Morgan fingerprint density at radius 2 is 1.31 bits per heavy atom. The number of ketones is 1. The molecule has 0 unspecified atom stereocenters. The number of unbranched alkanes of at least 4 members (excludes halogenated alkanes) is 5. The molecule has 0 aliphatic rings. The Morgan fingerprint density at radius 1 is 0.833 bits per heavy atom. The van der Waals surface area contributed by atoms with E-state index in [1.807, 2.05) is 26.0 Å². The van der Waals surface area contributed by atoms with Crippen LogP contribution in [-0.2, 0) is 4.79 Å². The van der Waals surface area contributed by atoms with E-state index in [2.05, 4.69) is 82.1 Å². The Morgan fingerprint density at radius 3 is 1.69 bits per heavy atom. The van der Waals surface area contributed by atoms with Gasteiger partial charge in [0.1, 0.15) is 11.5 Å². The van der Waals surface area contributed by atoms with Crippen molar-refractivity contribution < 1.29 is 9.90 Å². The van der Waals surface area contributed by atoms with Crippen LogP contribution in [0.5, 0.6) is 0 Å². The van der Waals surface area contributed by atoms with Gasteiger partial charge in [0.05, 0.1) is 0 Å². The van der Waals surface area contributed by atoms with Crippen LogP contribution in [0.4, 0.5) is 0 Å². The van der Waals surface area contributed by atoms with E-state index in [9.17, 15) is 4.79 Å². The summed E-state index contributed by atoms with van der Waals surface area (Å²) in [7, 11) is 0. The third-order valence-electron chi connectivity index (χ3n) is 6.06. The molecule has 0 aliphatic heterocycles. The second-order valence-electron chi connectivity index (χ2n) is 12.7. The Hall–Kier alpha value is -2.09. The van der Waals surface area contributed by atoms with Crippen LogP contribution in [0.3, 0.4) is 0 Å². The fourth-order valence-corrected chi connectivity index (χ4v) is 3.64. The molecule has 1 rings (SSSR count). The summed E-state index contributed by atoms with van der Waals surface area (Å²) in [5.41, 5.74) is 3.45. The highest BCUT2D eigenvalue weighted by atomic mass is 16.3. The second kappa shape index (κ2) is 33.4. The van der Waals surface area contributed by atoms with E-state index in [1.54, 1.807) is 18.2 Å². The largest absolute Gasteiger partial charge is 0.508 e. The number of carbonyl (C=O) groups is 1. The van der Waals surface area contributed by atoms with Crippen molar-refractivity contribution in [2.75, 3.05) is 0 Å². The number of Topliss-reactive ketones (excluding diaryl/α,β-unsaturated/α-hetero) is 1. The third kappa shape index (κ3) is 42.4. The molecule has 0 spiro atoms. The first-order valence-electron chi connectivity index (χ1n) is 17.0. The number of carbonyl (C=O) groups excluding carboxylic acids is 1. The summed E-state index contributed by atoms with van der Waals surface area (Å²) in [5, 5.41) is 8.97. The number of aliphatic hydroxyl groups is 1. The summed E-state index contributed by atoms with van der Waals surface area (Å²) in [6.45, 7) is 34.9. The average Bonchev–Trinajstić information content (AvgIpc) is 2.92. The van der Waals surface area contributed by atoms with Crippen molar-refractivity contribution >= 4 is 17.6 Å². The Labute approximate surface area is 265 Å². The van der Waals surface area contributed by atoms with Gasteiger partial charge in [-0.3, -0.25) is 4.79 Å². The van der Waals surface area contributed by atoms with Crippen LogP contribution in [0.2, 0.25) is 0 Å². The molecule has 2 nitrogen and oxygen atoms in total. The lowest BCUT2D eigenvalue weighted by Crippen LogP contribution is -2.04. The molecule has 246 valence electrons. The van der Waals surface area contributed by atoms with Crippen LogP contribution in [-0.4, -0.2) is 10.9 Å². The average molecular weight is 587 g/mol. The molecule has 42 heavy (non-hydrogen) atoms. The number of benzene rings is 1. The lowest BCUT2D eigenvalue weighted by Gasteiger charge is -2.17. The van der Waals surface area contributed by atoms with E-state index in [0.29, 0.717) is 11.2 Å². The van der Waals surface area contributed by atoms with E-state index in [4.69, 9.17) is 5.11 Å². The topological polar surface area (TPSA) is 37.3 Å². The smallest absolute Gasteiger partial charge is 0.132 e. The standard InChI is InChI=1S/C17H32O.C10H10O.C8H18.C3H8.C2H6/c1-15(2)11-8-9-13-16(18)12-7-6-10-14-17(3,4)5;1-3-9-4-6-10(7-5-9)8(2)11;1-4-5-6-7-8(2)3;1-3-2;1-2/h1,6-14H2,2-5H3;3-7,11H,1-2H2;8H,4-7H2,1-3H3;3H2,1-2H3;1-2H3. The van der Waals surface area contributed by atoms with E-state index >= 15 is 0 Å². The normalized spacial score (nSPS) is 9.90. The van der Waals surface area contributed by atoms with Gasteiger partial charge in [0.2, 0.25) is 0 Å². The zero-order chi connectivity index (χ0) is 33.4. The van der Waals surface area contributed by atoms with Crippen LogP contribution in [0.15, 0.2) is 49.6 Å². The Bertz CT molecular complexity index is 747. The molecule has 1 aromatic rings. The summed E-state index contributed by atoms with van der Waals surface area (Å²) in [5.74, 6) is 1.45. The number of aliphatic hydroxyl groups excluding tert-OH is 1. The molecule has 0 aromatic heterocycles. The van der Waals surface area contributed by atoms with Gasteiger partial charge < -0.3 is 5.11 Å². The summed E-state index contributed by atoms with van der Waals surface area (Å²) in [6.07, 6.45) is 18.2. The number of hydrogen-bond donors (Lipinski definition) is 1. The van der Waals surface area contributed by atoms with Gasteiger partial charge in [0.25, 0.3) is 0 Å². The van der Waals surface area contributed by atoms with Crippen molar-refractivity contribution in [3.63, 3.8) is 0 Å². The van der Waals surface area contributed by atoms with Crippen LogP contribution in [0.1, 0.15) is 177 Å².